The number of sulfonamides is 1. The lowest BCUT2D eigenvalue weighted by Crippen LogP contribution is -2.35. The third kappa shape index (κ3) is 4.38. The number of hydrogen-bond donors (Lipinski definition) is 1. The summed E-state index contributed by atoms with van der Waals surface area (Å²) in [6.45, 7) is 1.80. The normalized spacial score (nSPS) is 16.9. The van der Waals surface area contributed by atoms with Gasteiger partial charge in [0.05, 0.1) is 23.0 Å². The molecule has 5 rings (SSSR count). The fourth-order valence-electron chi connectivity index (χ4n) is 4.06. The molecule has 0 saturated carbocycles. The number of carbonyl (C=O) groups excluding carboxylic acids is 2. The Morgan fingerprint density at radius 3 is 2.79 bits per heavy atom. The van der Waals surface area contributed by atoms with Crippen LogP contribution < -0.4 is 10.2 Å². The van der Waals surface area contributed by atoms with Crippen LogP contribution in [0.5, 0.6) is 0 Å². The Morgan fingerprint density at radius 2 is 1.94 bits per heavy atom. The number of fused-ring (bicyclic) bond motifs is 4. The molecule has 3 aromatic carbocycles. The number of nitrogens with one attached hydrogen (secondary N) is 1. The Morgan fingerprint density at radius 1 is 1.15 bits per heavy atom. The van der Waals surface area contributed by atoms with Gasteiger partial charge in [0, 0.05) is 11.4 Å². The maximum atomic E-state index is 12.5. The molecule has 0 saturated heterocycles. The van der Waals surface area contributed by atoms with Crippen molar-refractivity contribution in [2.75, 3.05) is 23.8 Å². The number of nitrogens with zero attached hydrogens (tertiary/aromatic N) is 2. The first kappa shape index (κ1) is 22.4. The van der Waals surface area contributed by atoms with Crippen molar-refractivity contribution < 1.29 is 22.7 Å². The van der Waals surface area contributed by atoms with Crippen LogP contribution in [0, 0.1) is 0 Å². The number of amides is 1. The summed E-state index contributed by atoms with van der Waals surface area (Å²) in [5, 5.41) is 5.40. The molecule has 174 valence electrons. The molecule has 8 nitrogen and oxygen atoms in total. The summed E-state index contributed by atoms with van der Waals surface area (Å²) >= 11 is 1.19. The zero-order chi connectivity index (χ0) is 23.9. The SMILES string of the molecule is CC(NC(=O)COC(=O)c1ccc2c(c1)SC1=NS(=O)(=O)CCN12)c1cccc2ccccc12. The zero-order valence-corrected chi connectivity index (χ0v) is 19.9. The summed E-state index contributed by atoms with van der Waals surface area (Å²) in [7, 11) is -3.45. The predicted octanol–water partition coefficient (Wildman–Crippen LogP) is 3.49. The van der Waals surface area contributed by atoms with Gasteiger partial charge in [-0.05, 0) is 53.2 Å². The van der Waals surface area contributed by atoms with Crippen LogP contribution in [0.25, 0.3) is 10.8 Å². The van der Waals surface area contributed by atoms with Gasteiger partial charge >= 0.3 is 5.97 Å². The largest absolute Gasteiger partial charge is 0.452 e. The highest BCUT2D eigenvalue weighted by molar-refractivity contribution is 8.15. The molecular formula is C24H21N3O5S2. The Hall–Kier alpha value is -3.37. The van der Waals surface area contributed by atoms with Crippen LogP contribution in [0.3, 0.4) is 0 Å². The van der Waals surface area contributed by atoms with E-state index in [0.29, 0.717) is 11.7 Å². The summed E-state index contributed by atoms with van der Waals surface area (Å²) in [4.78, 5) is 27.5. The van der Waals surface area contributed by atoms with Crippen molar-refractivity contribution in [3.63, 3.8) is 0 Å². The van der Waals surface area contributed by atoms with Crippen molar-refractivity contribution in [3.05, 3.63) is 71.8 Å². The van der Waals surface area contributed by atoms with Crippen molar-refractivity contribution in [2.24, 2.45) is 4.40 Å². The van der Waals surface area contributed by atoms with E-state index < -0.39 is 28.5 Å². The molecule has 2 aliphatic rings. The monoisotopic (exact) mass is 495 g/mol. The number of benzene rings is 3. The summed E-state index contributed by atoms with van der Waals surface area (Å²) < 4.78 is 32.6. The molecule has 0 spiro atoms. The number of rotatable bonds is 5. The van der Waals surface area contributed by atoms with Crippen molar-refractivity contribution in [1.82, 2.24) is 5.32 Å². The van der Waals surface area contributed by atoms with Crippen molar-refractivity contribution >= 4 is 55.3 Å². The standard InChI is InChI=1S/C24H21N3O5S2/c1-15(18-8-4-6-16-5-2-3-7-19(16)18)25-22(28)14-32-23(29)17-9-10-20-21(13-17)33-24-26-34(30,31)12-11-27(20)24/h2-10,13,15H,11-12,14H2,1H3,(H,25,28). The number of thioether (sulfide) groups is 1. The van der Waals surface area contributed by atoms with Crippen LogP contribution in [0.15, 0.2) is 70.0 Å². The molecule has 0 aromatic heterocycles. The maximum Gasteiger partial charge on any atom is 0.338 e. The lowest BCUT2D eigenvalue weighted by Gasteiger charge is -2.22. The molecule has 1 amide bonds. The van der Waals surface area contributed by atoms with Gasteiger partial charge in [-0.3, -0.25) is 4.79 Å². The van der Waals surface area contributed by atoms with E-state index in [2.05, 4.69) is 9.71 Å². The van der Waals surface area contributed by atoms with Crippen LogP contribution in [-0.2, 0) is 19.6 Å². The molecule has 0 aliphatic carbocycles. The van der Waals surface area contributed by atoms with Gasteiger partial charge in [-0.25, -0.2) is 13.2 Å². The van der Waals surface area contributed by atoms with Crippen LogP contribution in [-0.4, -0.2) is 44.4 Å². The van der Waals surface area contributed by atoms with Crippen molar-refractivity contribution in [1.29, 1.82) is 0 Å². The molecule has 3 aromatic rings. The second kappa shape index (κ2) is 8.77. The second-order valence-corrected chi connectivity index (χ2v) is 10.8. The number of carbonyl (C=O) groups is 2. The smallest absolute Gasteiger partial charge is 0.338 e. The second-order valence-electron chi connectivity index (χ2n) is 8.03. The third-order valence-electron chi connectivity index (χ3n) is 5.71. The zero-order valence-electron chi connectivity index (χ0n) is 18.2. The molecule has 0 bridgehead atoms. The molecular weight excluding hydrogens is 474 g/mol. The van der Waals surface area contributed by atoms with E-state index in [0.717, 1.165) is 26.9 Å². The minimum absolute atomic E-state index is 0.0490. The van der Waals surface area contributed by atoms with Crippen LogP contribution in [0.4, 0.5) is 5.69 Å². The first-order chi connectivity index (χ1) is 16.3. The fourth-order valence-corrected chi connectivity index (χ4v) is 6.36. The van der Waals surface area contributed by atoms with Gasteiger partial charge in [0.1, 0.15) is 0 Å². The minimum atomic E-state index is -3.45. The molecule has 0 fully saturated rings. The predicted molar refractivity (Wildman–Crippen MR) is 132 cm³/mol. The molecule has 1 N–H and O–H groups in total. The Bertz CT molecular complexity index is 1450. The first-order valence-electron chi connectivity index (χ1n) is 10.7. The third-order valence-corrected chi connectivity index (χ3v) is 8.02. The van der Waals surface area contributed by atoms with Gasteiger partial charge in [-0.2, -0.15) is 0 Å². The number of ether oxygens (including phenoxy) is 1. The first-order valence-corrected chi connectivity index (χ1v) is 13.1. The van der Waals surface area contributed by atoms with E-state index >= 15 is 0 Å². The molecule has 2 aliphatic heterocycles. The minimum Gasteiger partial charge on any atom is -0.452 e. The quantitative estimate of drug-likeness (QED) is 0.540. The molecule has 1 atom stereocenters. The topological polar surface area (TPSA) is 105 Å². The Labute approximate surface area is 201 Å². The van der Waals surface area contributed by atoms with E-state index in [9.17, 15) is 18.0 Å². The van der Waals surface area contributed by atoms with Crippen molar-refractivity contribution in [3.8, 4) is 0 Å². The van der Waals surface area contributed by atoms with Crippen LogP contribution >= 0.6 is 11.8 Å². The molecule has 34 heavy (non-hydrogen) atoms. The number of amidine groups is 1. The maximum absolute atomic E-state index is 12.5. The fraction of sp³-hybridized carbons (Fsp3) is 0.208. The molecule has 2 heterocycles. The molecule has 1 unspecified atom stereocenters. The van der Waals surface area contributed by atoms with Crippen LogP contribution in [0.1, 0.15) is 28.9 Å². The highest BCUT2D eigenvalue weighted by Gasteiger charge is 2.33. The lowest BCUT2D eigenvalue weighted by atomic mass is 10.00. The van der Waals surface area contributed by atoms with Gasteiger partial charge in [0.2, 0.25) is 0 Å². The van der Waals surface area contributed by atoms with Gasteiger partial charge < -0.3 is 15.0 Å². The van der Waals surface area contributed by atoms with E-state index in [1.54, 1.807) is 18.2 Å². The molecule has 10 heteroatoms. The summed E-state index contributed by atoms with van der Waals surface area (Å²) in [5.74, 6) is -1.08. The summed E-state index contributed by atoms with van der Waals surface area (Å²) in [5.41, 5.74) is 2.07. The Kier molecular flexibility index (Phi) is 5.78. The average Bonchev–Trinajstić information content (AvgIpc) is 3.17. The highest BCUT2D eigenvalue weighted by atomic mass is 32.2. The van der Waals surface area contributed by atoms with Gasteiger partial charge in [0.15, 0.2) is 11.8 Å². The summed E-state index contributed by atoms with van der Waals surface area (Å²) in [6, 6.07) is 18.6. The van der Waals surface area contributed by atoms with E-state index in [-0.39, 0.29) is 17.4 Å². The summed E-state index contributed by atoms with van der Waals surface area (Å²) in [6.07, 6.45) is 0. The number of anilines is 1. The molecule has 0 radical (unpaired) electrons. The highest BCUT2D eigenvalue weighted by Crippen LogP contribution is 2.42. The van der Waals surface area contributed by atoms with Crippen molar-refractivity contribution in [2.45, 2.75) is 17.9 Å². The Balaban J connectivity index is 1.22. The van der Waals surface area contributed by atoms with Gasteiger partial charge in [-0.15, -0.1) is 4.40 Å². The average molecular weight is 496 g/mol. The van der Waals surface area contributed by atoms with Gasteiger partial charge in [0.25, 0.3) is 15.9 Å². The van der Waals surface area contributed by atoms with E-state index in [4.69, 9.17) is 4.74 Å². The van der Waals surface area contributed by atoms with Crippen LogP contribution in [0.2, 0.25) is 0 Å². The van der Waals surface area contributed by atoms with Gasteiger partial charge in [-0.1, -0.05) is 42.5 Å². The van der Waals surface area contributed by atoms with E-state index in [1.165, 1.54) is 11.8 Å². The number of hydrogen-bond acceptors (Lipinski definition) is 7. The van der Waals surface area contributed by atoms with E-state index in [1.807, 2.05) is 54.3 Å². The lowest BCUT2D eigenvalue weighted by molar-refractivity contribution is -0.124. The number of esters is 1.